The van der Waals surface area contributed by atoms with Gasteiger partial charge in [0, 0.05) is 11.9 Å². The Hall–Kier alpha value is -2.30. The Morgan fingerprint density at radius 3 is 2.88 bits per heavy atom. The van der Waals surface area contributed by atoms with Crippen LogP contribution in [0.1, 0.15) is 16.1 Å². The van der Waals surface area contributed by atoms with Crippen molar-refractivity contribution in [2.24, 2.45) is 0 Å². The normalized spacial score (nSPS) is 10.1. The molecule has 0 radical (unpaired) electrons. The van der Waals surface area contributed by atoms with Gasteiger partial charge >= 0.3 is 0 Å². The van der Waals surface area contributed by atoms with Crippen LogP contribution in [0.3, 0.4) is 0 Å². The van der Waals surface area contributed by atoms with Crippen molar-refractivity contribution in [3.05, 3.63) is 41.7 Å². The number of methoxy groups -OCH3 is 1. The molecule has 82 valence electrons. The molecule has 5 nitrogen and oxygen atoms in total. The van der Waals surface area contributed by atoms with Gasteiger partial charge in [0.1, 0.15) is 11.4 Å². The lowest BCUT2D eigenvalue weighted by atomic mass is 10.1. The number of aromatic nitrogens is 2. The highest BCUT2D eigenvalue weighted by Crippen LogP contribution is 2.21. The minimum Gasteiger partial charge on any atom is -0.497 e. The predicted molar refractivity (Wildman–Crippen MR) is 59.4 cm³/mol. The fourth-order valence-electron chi connectivity index (χ4n) is 1.39. The SMILES string of the molecule is COc1ccc(N)c(C(=O)c2ccn[nH]2)c1. The number of H-pyrrole nitrogens is 1. The lowest BCUT2D eigenvalue weighted by Crippen LogP contribution is -2.06. The van der Waals surface area contributed by atoms with E-state index in [1.54, 1.807) is 24.3 Å². The first-order valence-corrected chi connectivity index (χ1v) is 4.70. The van der Waals surface area contributed by atoms with Crippen LogP contribution in [-0.2, 0) is 0 Å². The Labute approximate surface area is 92.2 Å². The van der Waals surface area contributed by atoms with E-state index in [4.69, 9.17) is 10.5 Å². The molecule has 0 atom stereocenters. The number of nitrogen functional groups attached to an aromatic ring is 1. The van der Waals surface area contributed by atoms with Crippen LogP contribution in [0.5, 0.6) is 5.75 Å². The van der Waals surface area contributed by atoms with E-state index in [0.29, 0.717) is 22.7 Å². The molecule has 2 rings (SSSR count). The second-order valence-electron chi connectivity index (χ2n) is 3.25. The summed E-state index contributed by atoms with van der Waals surface area (Å²) < 4.78 is 5.04. The molecule has 0 aliphatic rings. The lowest BCUT2D eigenvalue weighted by Gasteiger charge is -2.05. The number of nitrogens with two attached hydrogens (primary N) is 1. The molecule has 1 aromatic carbocycles. The number of rotatable bonds is 3. The third-order valence-electron chi connectivity index (χ3n) is 2.25. The van der Waals surface area contributed by atoms with E-state index in [1.165, 1.54) is 13.3 Å². The molecular weight excluding hydrogens is 206 g/mol. The summed E-state index contributed by atoms with van der Waals surface area (Å²) in [6, 6.07) is 6.56. The zero-order chi connectivity index (χ0) is 11.5. The van der Waals surface area contributed by atoms with Crippen molar-refractivity contribution in [1.29, 1.82) is 0 Å². The number of ketones is 1. The van der Waals surface area contributed by atoms with Gasteiger partial charge in [-0.05, 0) is 24.3 Å². The lowest BCUT2D eigenvalue weighted by molar-refractivity contribution is 0.103. The first-order valence-electron chi connectivity index (χ1n) is 4.70. The zero-order valence-corrected chi connectivity index (χ0v) is 8.73. The fourth-order valence-corrected chi connectivity index (χ4v) is 1.39. The van der Waals surface area contributed by atoms with Crippen LogP contribution in [0.25, 0.3) is 0 Å². The predicted octanol–water partition coefficient (Wildman–Crippen LogP) is 1.23. The number of carbonyl (C=O) groups excluding carboxylic acids is 1. The molecule has 0 aliphatic heterocycles. The van der Waals surface area contributed by atoms with Gasteiger partial charge in [-0.15, -0.1) is 0 Å². The molecule has 0 unspecified atom stereocenters. The summed E-state index contributed by atoms with van der Waals surface area (Å²) in [5, 5.41) is 6.33. The van der Waals surface area contributed by atoms with E-state index in [-0.39, 0.29) is 5.78 Å². The van der Waals surface area contributed by atoms with Crippen molar-refractivity contribution in [1.82, 2.24) is 10.2 Å². The van der Waals surface area contributed by atoms with Gasteiger partial charge in [-0.2, -0.15) is 5.10 Å². The fraction of sp³-hybridized carbons (Fsp3) is 0.0909. The molecule has 0 amide bonds. The first-order chi connectivity index (χ1) is 7.72. The minimum atomic E-state index is -0.200. The van der Waals surface area contributed by atoms with E-state index in [2.05, 4.69) is 10.2 Å². The molecule has 16 heavy (non-hydrogen) atoms. The summed E-state index contributed by atoms with van der Waals surface area (Å²) in [7, 11) is 1.54. The Kier molecular flexibility index (Phi) is 2.59. The summed E-state index contributed by atoms with van der Waals surface area (Å²) in [4.78, 5) is 12.0. The van der Waals surface area contributed by atoms with E-state index in [1.807, 2.05) is 0 Å². The van der Waals surface area contributed by atoms with E-state index < -0.39 is 0 Å². The van der Waals surface area contributed by atoms with E-state index in [0.717, 1.165) is 0 Å². The van der Waals surface area contributed by atoms with Crippen molar-refractivity contribution < 1.29 is 9.53 Å². The second kappa shape index (κ2) is 4.06. The Balaban J connectivity index is 2.43. The Morgan fingerprint density at radius 1 is 1.44 bits per heavy atom. The average molecular weight is 217 g/mol. The quantitative estimate of drug-likeness (QED) is 0.598. The molecule has 0 fully saturated rings. The van der Waals surface area contributed by atoms with Crippen LogP contribution in [-0.4, -0.2) is 23.1 Å². The number of carbonyl (C=O) groups is 1. The molecule has 5 heteroatoms. The summed E-state index contributed by atoms with van der Waals surface area (Å²) in [5.41, 5.74) is 6.97. The van der Waals surface area contributed by atoms with Crippen LogP contribution < -0.4 is 10.5 Å². The molecule has 0 spiro atoms. The van der Waals surface area contributed by atoms with Gasteiger partial charge in [0.05, 0.1) is 12.7 Å². The van der Waals surface area contributed by atoms with Crippen molar-refractivity contribution in [3.63, 3.8) is 0 Å². The molecule has 0 saturated heterocycles. The van der Waals surface area contributed by atoms with Crippen molar-refractivity contribution >= 4 is 11.5 Å². The molecule has 1 heterocycles. The van der Waals surface area contributed by atoms with Gasteiger partial charge < -0.3 is 10.5 Å². The maximum absolute atomic E-state index is 12.0. The third kappa shape index (κ3) is 1.75. The Bertz CT molecular complexity index is 506. The number of aromatic amines is 1. The van der Waals surface area contributed by atoms with Gasteiger partial charge in [0.15, 0.2) is 0 Å². The highest BCUT2D eigenvalue weighted by Gasteiger charge is 2.14. The number of nitrogens with one attached hydrogen (secondary N) is 1. The second-order valence-corrected chi connectivity index (χ2v) is 3.25. The third-order valence-corrected chi connectivity index (χ3v) is 2.25. The number of anilines is 1. The average Bonchev–Trinajstić information content (AvgIpc) is 2.82. The number of nitrogens with zero attached hydrogens (tertiary/aromatic N) is 1. The zero-order valence-electron chi connectivity index (χ0n) is 8.73. The summed E-state index contributed by atoms with van der Waals surface area (Å²) >= 11 is 0. The maximum atomic E-state index is 12.0. The molecular formula is C11H11N3O2. The highest BCUT2D eigenvalue weighted by atomic mass is 16.5. The largest absolute Gasteiger partial charge is 0.497 e. The van der Waals surface area contributed by atoms with Crippen LogP contribution in [0.15, 0.2) is 30.5 Å². The van der Waals surface area contributed by atoms with Crippen LogP contribution >= 0.6 is 0 Å². The van der Waals surface area contributed by atoms with Crippen molar-refractivity contribution in [2.45, 2.75) is 0 Å². The van der Waals surface area contributed by atoms with Gasteiger partial charge in [-0.3, -0.25) is 9.89 Å². The highest BCUT2D eigenvalue weighted by molar-refractivity contribution is 6.11. The van der Waals surface area contributed by atoms with Crippen molar-refractivity contribution in [2.75, 3.05) is 12.8 Å². The van der Waals surface area contributed by atoms with Gasteiger partial charge in [-0.1, -0.05) is 0 Å². The van der Waals surface area contributed by atoms with Crippen LogP contribution in [0.2, 0.25) is 0 Å². The summed E-state index contributed by atoms with van der Waals surface area (Å²) in [5.74, 6) is 0.394. The Morgan fingerprint density at radius 2 is 2.25 bits per heavy atom. The monoisotopic (exact) mass is 217 g/mol. The summed E-state index contributed by atoms with van der Waals surface area (Å²) in [6.45, 7) is 0. The maximum Gasteiger partial charge on any atom is 0.212 e. The topological polar surface area (TPSA) is 81.0 Å². The van der Waals surface area contributed by atoms with Crippen molar-refractivity contribution in [3.8, 4) is 5.75 Å². The molecule has 0 bridgehead atoms. The number of hydrogen-bond acceptors (Lipinski definition) is 4. The molecule has 1 aromatic heterocycles. The number of benzene rings is 1. The van der Waals surface area contributed by atoms with Gasteiger partial charge in [0.2, 0.25) is 5.78 Å². The smallest absolute Gasteiger partial charge is 0.212 e. The molecule has 2 aromatic rings. The van der Waals surface area contributed by atoms with E-state index in [9.17, 15) is 4.79 Å². The first kappa shape index (κ1) is 10.2. The minimum absolute atomic E-state index is 0.200. The van der Waals surface area contributed by atoms with Gasteiger partial charge in [0.25, 0.3) is 0 Å². The van der Waals surface area contributed by atoms with Gasteiger partial charge in [-0.25, -0.2) is 0 Å². The number of ether oxygens (including phenoxy) is 1. The standard InChI is InChI=1S/C11H11N3O2/c1-16-7-2-3-9(12)8(6-7)11(15)10-4-5-13-14-10/h2-6H,12H2,1H3,(H,13,14). The molecule has 0 aliphatic carbocycles. The molecule has 0 saturated carbocycles. The van der Waals surface area contributed by atoms with Crippen LogP contribution in [0, 0.1) is 0 Å². The number of hydrogen-bond donors (Lipinski definition) is 2. The summed E-state index contributed by atoms with van der Waals surface area (Å²) in [6.07, 6.45) is 1.52. The molecule has 3 N–H and O–H groups in total. The van der Waals surface area contributed by atoms with Crippen LogP contribution in [0.4, 0.5) is 5.69 Å². The van der Waals surface area contributed by atoms with E-state index >= 15 is 0 Å².